The molecule has 0 fully saturated rings. The first kappa shape index (κ1) is 13.1. The third-order valence-electron chi connectivity index (χ3n) is 1.78. The first-order valence-corrected chi connectivity index (χ1v) is 5.93. The number of hydrogen-bond donors (Lipinski definition) is 2. The van der Waals surface area contributed by atoms with E-state index >= 15 is 0 Å². The van der Waals surface area contributed by atoms with E-state index in [2.05, 4.69) is 5.32 Å². The number of amides is 1. The Morgan fingerprint density at radius 3 is 2.82 bits per heavy atom. The fourth-order valence-corrected chi connectivity index (χ4v) is 2.13. The quantitative estimate of drug-likeness (QED) is 0.591. The Morgan fingerprint density at radius 2 is 2.24 bits per heavy atom. The number of hydrogen-bond acceptors (Lipinski definition) is 4. The molecule has 0 saturated heterocycles. The van der Waals surface area contributed by atoms with Gasteiger partial charge in [-0.25, -0.2) is 4.39 Å². The van der Waals surface area contributed by atoms with E-state index in [9.17, 15) is 13.4 Å². The molecule has 0 radical (unpaired) electrons. The summed E-state index contributed by atoms with van der Waals surface area (Å²) in [5.41, 5.74) is 5.53. The summed E-state index contributed by atoms with van der Waals surface area (Å²) in [7, 11) is -1.68. The number of benzene rings is 1. The molecule has 0 aliphatic heterocycles. The van der Waals surface area contributed by atoms with Crippen molar-refractivity contribution in [3.8, 4) is 6.07 Å². The number of anilines is 1. The van der Waals surface area contributed by atoms with E-state index in [1.165, 1.54) is 6.07 Å². The maximum Gasteiger partial charge on any atom is 0.233 e. The van der Waals surface area contributed by atoms with Crippen LogP contribution in [-0.4, -0.2) is 22.4 Å². The molecular formula is C10H10FN3O2S. The Morgan fingerprint density at radius 1 is 1.53 bits per heavy atom. The van der Waals surface area contributed by atoms with Gasteiger partial charge in [-0.1, -0.05) is 0 Å². The SMILES string of the molecule is N#CCNC(=O)CS(=O)c1cc(N)cc(F)c1. The number of nitrogens with two attached hydrogens (primary N) is 1. The maximum atomic E-state index is 13.0. The Bertz CT molecular complexity index is 479. The molecule has 1 aromatic carbocycles. The molecular weight excluding hydrogens is 245 g/mol. The van der Waals surface area contributed by atoms with Gasteiger partial charge in [0.25, 0.3) is 0 Å². The molecule has 1 aromatic rings. The van der Waals surface area contributed by atoms with Crippen molar-refractivity contribution in [2.24, 2.45) is 0 Å². The summed E-state index contributed by atoms with van der Waals surface area (Å²) in [5.74, 6) is -1.47. The highest BCUT2D eigenvalue weighted by Gasteiger charge is 2.11. The van der Waals surface area contributed by atoms with Crippen LogP contribution >= 0.6 is 0 Å². The molecule has 1 rings (SSSR count). The molecule has 1 atom stereocenters. The van der Waals surface area contributed by atoms with Gasteiger partial charge in [-0.2, -0.15) is 5.26 Å². The summed E-state index contributed by atoms with van der Waals surface area (Å²) < 4.78 is 24.6. The molecule has 5 nitrogen and oxygen atoms in total. The van der Waals surface area contributed by atoms with Gasteiger partial charge in [-0.3, -0.25) is 9.00 Å². The zero-order chi connectivity index (χ0) is 12.8. The van der Waals surface area contributed by atoms with Crippen LogP contribution < -0.4 is 11.1 Å². The van der Waals surface area contributed by atoms with Gasteiger partial charge in [0.2, 0.25) is 5.91 Å². The van der Waals surface area contributed by atoms with Gasteiger partial charge in [0.1, 0.15) is 18.1 Å². The molecule has 3 N–H and O–H groups in total. The van der Waals surface area contributed by atoms with Crippen LogP contribution in [-0.2, 0) is 15.6 Å². The lowest BCUT2D eigenvalue weighted by atomic mass is 10.3. The summed E-state index contributed by atoms with van der Waals surface area (Å²) in [4.78, 5) is 11.3. The molecule has 0 bridgehead atoms. The van der Waals surface area contributed by atoms with Gasteiger partial charge < -0.3 is 11.1 Å². The van der Waals surface area contributed by atoms with Crippen LogP contribution in [0.3, 0.4) is 0 Å². The third-order valence-corrected chi connectivity index (χ3v) is 3.07. The molecule has 1 unspecified atom stereocenters. The highest BCUT2D eigenvalue weighted by Crippen LogP contribution is 2.14. The summed E-state index contributed by atoms with van der Waals surface area (Å²) in [6, 6.07) is 5.22. The van der Waals surface area contributed by atoms with E-state index in [1.807, 2.05) is 0 Å². The van der Waals surface area contributed by atoms with Crippen molar-refractivity contribution < 1.29 is 13.4 Å². The van der Waals surface area contributed by atoms with Gasteiger partial charge in [-0.05, 0) is 18.2 Å². The zero-order valence-corrected chi connectivity index (χ0v) is 9.59. The molecule has 0 heterocycles. The standard InChI is InChI=1S/C10H10FN3O2S/c11-7-3-8(13)5-9(4-7)17(16)6-10(15)14-2-1-12/h3-5H,2,6,13H2,(H,14,15). The van der Waals surface area contributed by atoms with Crippen molar-refractivity contribution in [2.75, 3.05) is 18.0 Å². The Kier molecular flexibility index (Phi) is 4.60. The number of nitrogen functional groups attached to an aromatic ring is 1. The minimum Gasteiger partial charge on any atom is -0.399 e. The second-order valence-corrected chi connectivity index (χ2v) is 4.60. The smallest absolute Gasteiger partial charge is 0.233 e. The second-order valence-electron chi connectivity index (χ2n) is 3.14. The second kappa shape index (κ2) is 5.96. The molecule has 0 aliphatic carbocycles. The van der Waals surface area contributed by atoms with E-state index in [1.54, 1.807) is 6.07 Å². The molecule has 0 spiro atoms. The number of nitriles is 1. The number of carbonyl (C=O) groups is 1. The predicted octanol–water partition coefficient (Wildman–Crippen LogP) is 0.155. The summed E-state index contributed by atoms with van der Waals surface area (Å²) in [5, 5.41) is 10.5. The van der Waals surface area contributed by atoms with Crippen molar-refractivity contribution in [3.63, 3.8) is 0 Å². The van der Waals surface area contributed by atoms with Crippen molar-refractivity contribution in [1.29, 1.82) is 5.26 Å². The van der Waals surface area contributed by atoms with E-state index in [-0.39, 0.29) is 22.9 Å². The Balaban J connectivity index is 2.70. The highest BCUT2D eigenvalue weighted by atomic mass is 32.2. The summed E-state index contributed by atoms with van der Waals surface area (Å²) >= 11 is 0. The lowest BCUT2D eigenvalue weighted by Crippen LogP contribution is -2.28. The number of rotatable bonds is 4. The zero-order valence-electron chi connectivity index (χ0n) is 8.77. The number of nitrogens with one attached hydrogen (secondary N) is 1. The van der Waals surface area contributed by atoms with E-state index < -0.39 is 22.5 Å². The van der Waals surface area contributed by atoms with Gasteiger partial charge in [-0.15, -0.1) is 0 Å². The summed E-state index contributed by atoms with van der Waals surface area (Å²) in [6.45, 7) is -0.151. The van der Waals surface area contributed by atoms with Gasteiger partial charge in [0, 0.05) is 10.6 Å². The largest absolute Gasteiger partial charge is 0.399 e. The molecule has 0 saturated carbocycles. The molecule has 1 amide bonds. The van der Waals surface area contributed by atoms with Crippen LogP contribution in [0.15, 0.2) is 23.1 Å². The Labute approximate surface area is 99.9 Å². The van der Waals surface area contributed by atoms with Gasteiger partial charge >= 0.3 is 0 Å². The number of halogens is 1. The fraction of sp³-hybridized carbons (Fsp3) is 0.200. The number of carbonyl (C=O) groups excluding carboxylic acids is 1. The summed E-state index contributed by atoms with van der Waals surface area (Å²) in [6.07, 6.45) is 0. The van der Waals surface area contributed by atoms with Crippen LogP contribution in [0, 0.1) is 17.1 Å². The third kappa shape index (κ3) is 4.20. The Hall–Kier alpha value is -1.94. The average Bonchev–Trinajstić information content (AvgIpc) is 2.25. The van der Waals surface area contributed by atoms with E-state index in [0.717, 1.165) is 12.1 Å². The number of nitrogens with zero attached hydrogens (tertiary/aromatic N) is 1. The monoisotopic (exact) mass is 255 g/mol. The topological polar surface area (TPSA) is 96.0 Å². The lowest BCUT2D eigenvalue weighted by Gasteiger charge is -2.03. The van der Waals surface area contributed by atoms with Crippen molar-refractivity contribution in [2.45, 2.75) is 4.90 Å². The fourth-order valence-electron chi connectivity index (χ4n) is 1.11. The van der Waals surface area contributed by atoms with Crippen molar-refractivity contribution in [1.82, 2.24) is 5.32 Å². The first-order valence-electron chi connectivity index (χ1n) is 4.61. The van der Waals surface area contributed by atoms with Crippen LogP contribution in [0.5, 0.6) is 0 Å². The molecule has 17 heavy (non-hydrogen) atoms. The minimum atomic E-state index is -1.68. The van der Waals surface area contributed by atoms with Crippen molar-refractivity contribution in [3.05, 3.63) is 24.0 Å². The van der Waals surface area contributed by atoms with Crippen LogP contribution in [0.4, 0.5) is 10.1 Å². The highest BCUT2D eigenvalue weighted by molar-refractivity contribution is 7.85. The van der Waals surface area contributed by atoms with Crippen molar-refractivity contribution >= 4 is 22.4 Å². The van der Waals surface area contributed by atoms with E-state index in [4.69, 9.17) is 11.0 Å². The molecule has 90 valence electrons. The van der Waals surface area contributed by atoms with Crippen LogP contribution in [0.25, 0.3) is 0 Å². The minimum absolute atomic E-state index is 0.144. The molecule has 0 aromatic heterocycles. The maximum absolute atomic E-state index is 13.0. The van der Waals surface area contributed by atoms with Gasteiger partial charge in [0.05, 0.1) is 16.9 Å². The molecule has 0 aliphatic rings. The van der Waals surface area contributed by atoms with Crippen LogP contribution in [0.2, 0.25) is 0 Å². The lowest BCUT2D eigenvalue weighted by molar-refractivity contribution is -0.118. The first-order chi connectivity index (χ1) is 8.02. The van der Waals surface area contributed by atoms with E-state index in [0.29, 0.717) is 0 Å². The molecule has 7 heteroatoms. The van der Waals surface area contributed by atoms with Crippen LogP contribution in [0.1, 0.15) is 0 Å². The predicted molar refractivity (Wildman–Crippen MR) is 60.7 cm³/mol. The average molecular weight is 255 g/mol. The normalized spacial score (nSPS) is 11.5. The van der Waals surface area contributed by atoms with Gasteiger partial charge in [0.15, 0.2) is 0 Å².